The molecule has 0 spiro atoms. The van der Waals surface area contributed by atoms with Crippen LogP contribution in [0.2, 0.25) is 0 Å². The van der Waals surface area contributed by atoms with E-state index in [4.69, 9.17) is 18.9 Å². The predicted octanol–water partition coefficient (Wildman–Crippen LogP) is 9.85. The van der Waals surface area contributed by atoms with Crippen LogP contribution in [-0.2, 0) is 38.1 Å². The maximum Gasteiger partial charge on any atom is 0.335 e. The van der Waals surface area contributed by atoms with E-state index in [1.807, 2.05) is 135 Å². The Kier molecular flexibility index (Phi) is 13.4. The number of allylic oxidation sites excluding steroid dienone is 4. The maximum atomic E-state index is 13.8. The van der Waals surface area contributed by atoms with Gasteiger partial charge < -0.3 is 18.9 Å². The molecule has 4 atom stereocenters. The van der Waals surface area contributed by atoms with Crippen LogP contribution in [0.1, 0.15) is 87.5 Å². The molecule has 4 aromatic carbocycles. The van der Waals surface area contributed by atoms with Gasteiger partial charge in [0, 0.05) is 23.7 Å². The molecule has 8 heteroatoms. The number of carbonyl (C=O) groups is 4. The Labute approximate surface area is 340 Å². The van der Waals surface area contributed by atoms with Crippen LogP contribution < -0.4 is 0 Å². The second-order valence-corrected chi connectivity index (χ2v) is 14.2. The molecule has 0 heterocycles. The fourth-order valence-electron chi connectivity index (χ4n) is 8.19. The summed E-state index contributed by atoms with van der Waals surface area (Å²) in [6.45, 7) is 11.6. The van der Waals surface area contributed by atoms with Crippen molar-refractivity contribution in [3.05, 3.63) is 177 Å². The summed E-state index contributed by atoms with van der Waals surface area (Å²) in [4.78, 5) is 54.9. The van der Waals surface area contributed by atoms with Gasteiger partial charge in [0.2, 0.25) is 0 Å². The van der Waals surface area contributed by atoms with Crippen molar-refractivity contribution < 1.29 is 38.1 Å². The van der Waals surface area contributed by atoms with Crippen LogP contribution in [0.15, 0.2) is 155 Å². The van der Waals surface area contributed by atoms with Crippen LogP contribution in [-0.4, -0.2) is 50.3 Å². The summed E-state index contributed by atoms with van der Waals surface area (Å²) in [5, 5.41) is 0. The van der Waals surface area contributed by atoms with E-state index in [0.717, 1.165) is 44.5 Å². The molecule has 0 radical (unpaired) electrons. The zero-order chi connectivity index (χ0) is 41.3. The van der Waals surface area contributed by atoms with Crippen molar-refractivity contribution in [1.29, 1.82) is 0 Å². The van der Waals surface area contributed by atoms with E-state index in [2.05, 4.69) is 0 Å². The monoisotopic (exact) mass is 778 g/mol. The van der Waals surface area contributed by atoms with Crippen LogP contribution in [0.25, 0.3) is 11.1 Å². The van der Waals surface area contributed by atoms with E-state index in [9.17, 15) is 19.2 Å². The smallest absolute Gasteiger partial charge is 0.335 e. The lowest BCUT2D eigenvalue weighted by Crippen LogP contribution is -2.28. The van der Waals surface area contributed by atoms with Gasteiger partial charge in [0.25, 0.3) is 0 Å². The molecule has 0 saturated heterocycles. The van der Waals surface area contributed by atoms with Gasteiger partial charge in [-0.3, -0.25) is 0 Å². The lowest BCUT2D eigenvalue weighted by Gasteiger charge is -2.32. The second kappa shape index (κ2) is 18.8. The summed E-state index contributed by atoms with van der Waals surface area (Å²) in [6, 6.07) is 35.1. The molecular formula is C50H50O8. The molecule has 0 N–H and O–H groups in total. The quantitative estimate of drug-likeness (QED) is 0.0751. The molecule has 2 aliphatic rings. The molecule has 4 aromatic rings. The van der Waals surface area contributed by atoms with Crippen molar-refractivity contribution in [3.8, 4) is 11.1 Å². The van der Waals surface area contributed by atoms with Crippen molar-refractivity contribution in [2.45, 2.75) is 65.2 Å². The fourth-order valence-corrected chi connectivity index (χ4v) is 8.19. The largest absolute Gasteiger partial charge is 0.463 e. The van der Waals surface area contributed by atoms with E-state index in [-0.39, 0.29) is 37.6 Å². The van der Waals surface area contributed by atoms with Crippen molar-refractivity contribution >= 4 is 23.9 Å². The van der Waals surface area contributed by atoms with Crippen molar-refractivity contribution in [3.63, 3.8) is 0 Å². The van der Waals surface area contributed by atoms with E-state index in [1.165, 1.54) is 0 Å². The Morgan fingerprint density at radius 1 is 0.397 bits per heavy atom. The molecule has 8 nitrogen and oxygen atoms in total. The minimum Gasteiger partial charge on any atom is -0.463 e. The minimum absolute atomic E-state index is 0.157. The molecule has 0 saturated carbocycles. The van der Waals surface area contributed by atoms with Crippen molar-refractivity contribution in [2.24, 2.45) is 0 Å². The maximum absolute atomic E-state index is 13.8. The van der Waals surface area contributed by atoms with E-state index in [1.54, 1.807) is 27.7 Å². The molecule has 0 aromatic heterocycles. The van der Waals surface area contributed by atoms with Gasteiger partial charge >= 0.3 is 23.9 Å². The fraction of sp³-hybridized carbons (Fsp3) is 0.280. The third kappa shape index (κ3) is 8.52. The topological polar surface area (TPSA) is 105 Å². The first-order valence-corrected chi connectivity index (χ1v) is 20.0. The van der Waals surface area contributed by atoms with Crippen molar-refractivity contribution in [2.75, 3.05) is 26.4 Å². The van der Waals surface area contributed by atoms with Gasteiger partial charge in [-0.25, -0.2) is 19.2 Å². The second-order valence-electron chi connectivity index (χ2n) is 14.2. The number of hydrogen-bond acceptors (Lipinski definition) is 8. The summed E-state index contributed by atoms with van der Waals surface area (Å²) in [5.74, 6) is -4.20. The summed E-state index contributed by atoms with van der Waals surface area (Å²) in [6.07, 6.45) is 4.08. The summed E-state index contributed by atoms with van der Waals surface area (Å²) < 4.78 is 22.3. The minimum atomic E-state index is -0.552. The summed E-state index contributed by atoms with van der Waals surface area (Å²) in [7, 11) is 0. The van der Waals surface area contributed by atoms with Gasteiger partial charge in [0.15, 0.2) is 0 Å². The summed E-state index contributed by atoms with van der Waals surface area (Å²) in [5.41, 5.74) is 8.25. The molecule has 0 amide bonds. The van der Waals surface area contributed by atoms with Crippen LogP contribution >= 0.6 is 0 Å². The Hall–Kier alpha value is -6.28. The average molecular weight is 779 g/mol. The first-order valence-electron chi connectivity index (χ1n) is 20.0. The summed E-state index contributed by atoms with van der Waals surface area (Å²) >= 11 is 0. The SMILES string of the molecule is CCOC(=O)C1=C(C(=O)OCC)C(c2ccccc2)C(C)=CC1c1ccc(-c2ccc(C3C=C(C)C(c4ccccc4)C(C(=O)OCC)=C3C(=O)OCC)cc2)cc1. The van der Waals surface area contributed by atoms with Gasteiger partial charge in [-0.1, -0.05) is 132 Å². The molecule has 0 bridgehead atoms. The number of carbonyl (C=O) groups excluding carboxylic acids is 4. The molecule has 2 aliphatic carbocycles. The first-order chi connectivity index (χ1) is 28.1. The van der Waals surface area contributed by atoms with Gasteiger partial charge in [-0.2, -0.15) is 0 Å². The Bertz CT molecular complexity index is 2100. The molecule has 0 aliphatic heterocycles. The molecule has 0 fully saturated rings. The lowest BCUT2D eigenvalue weighted by molar-refractivity contribution is -0.142. The highest BCUT2D eigenvalue weighted by Gasteiger charge is 2.41. The first kappa shape index (κ1) is 41.4. The van der Waals surface area contributed by atoms with Crippen LogP contribution in [0.4, 0.5) is 0 Å². The number of esters is 4. The number of hydrogen-bond donors (Lipinski definition) is 0. The number of ether oxygens (including phenoxy) is 4. The third-order valence-electron chi connectivity index (χ3n) is 10.7. The van der Waals surface area contributed by atoms with Crippen LogP contribution in [0.3, 0.4) is 0 Å². The van der Waals surface area contributed by atoms with Gasteiger partial charge in [0.05, 0.1) is 48.7 Å². The highest BCUT2D eigenvalue weighted by molar-refractivity contribution is 6.05. The highest BCUT2D eigenvalue weighted by atomic mass is 16.5. The molecule has 6 rings (SSSR count). The van der Waals surface area contributed by atoms with Gasteiger partial charge in [-0.15, -0.1) is 0 Å². The standard InChI is InChI=1S/C50H50O8/c1-7-55-47(51)43-39(29-31(5)41(37-17-13-11-14-18-37)45(43)49(53)57-9-3)35-25-21-33(22-26-35)34-23-27-36(28-24-34)40-30-32(6)42(38-19-15-12-16-20-38)46(50(54)58-10-4)44(40)48(52)56-8-2/h11-30,39-42H,7-10H2,1-6H3. The molecule has 58 heavy (non-hydrogen) atoms. The zero-order valence-corrected chi connectivity index (χ0v) is 34.0. The number of benzene rings is 4. The Morgan fingerprint density at radius 3 is 0.983 bits per heavy atom. The molecule has 4 unspecified atom stereocenters. The van der Waals surface area contributed by atoms with E-state index in [0.29, 0.717) is 11.1 Å². The Morgan fingerprint density at radius 2 is 0.690 bits per heavy atom. The Balaban J connectivity index is 1.37. The zero-order valence-electron chi connectivity index (χ0n) is 34.0. The normalized spacial score (nSPS) is 19.1. The molecular weight excluding hydrogens is 729 g/mol. The van der Waals surface area contributed by atoms with Crippen molar-refractivity contribution in [1.82, 2.24) is 0 Å². The predicted molar refractivity (Wildman–Crippen MR) is 224 cm³/mol. The van der Waals surface area contributed by atoms with Crippen LogP contribution in [0, 0.1) is 0 Å². The lowest BCUT2D eigenvalue weighted by atomic mass is 9.72. The average Bonchev–Trinajstić information content (AvgIpc) is 3.24. The van der Waals surface area contributed by atoms with Crippen LogP contribution in [0.5, 0.6) is 0 Å². The van der Waals surface area contributed by atoms with E-state index < -0.39 is 47.5 Å². The number of rotatable bonds is 13. The highest BCUT2D eigenvalue weighted by Crippen LogP contribution is 2.47. The van der Waals surface area contributed by atoms with Gasteiger partial charge in [0.1, 0.15) is 0 Å². The third-order valence-corrected chi connectivity index (χ3v) is 10.7. The molecule has 298 valence electrons. The van der Waals surface area contributed by atoms with E-state index >= 15 is 0 Å². The van der Waals surface area contributed by atoms with Gasteiger partial charge in [-0.05, 0) is 74.9 Å².